The first-order valence-electron chi connectivity index (χ1n) is 18.5. The zero-order chi connectivity index (χ0) is 38.5. The summed E-state index contributed by atoms with van der Waals surface area (Å²) in [7, 11) is -1.84. The molecular weight excluding hydrogens is 716 g/mol. The quantitative estimate of drug-likeness (QED) is 0.117. The van der Waals surface area contributed by atoms with E-state index >= 15 is 4.11 Å². The lowest BCUT2D eigenvalue weighted by molar-refractivity contribution is -0.146. The molecule has 5 atom stereocenters. The van der Waals surface area contributed by atoms with Crippen molar-refractivity contribution in [3.63, 3.8) is 0 Å². The molecule has 0 bridgehead atoms. The fraction of sp³-hybridized carbons (Fsp3) is 0.310. The number of benzene rings is 4. The standard InChI is InChI=1S/C42H43FN6O5Si/c1-27-39(55(3,4)43)38(20-21-47-25-36(45-46-47)34(26-50)29-10-6-5-7-11-29)54-42(27)35-22-32(53-2)18-19-37(35)48(41(42)52)24-28-14-16-31(17-15-28)49-40(51)33-13-9-8-12-30(33)23-44-49/h5-19,22-23,25,27,34,38-39,50H,20-21,24,26H2,1-4H3/t27-,34?,38+,39-,42+/m0/s1. The highest BCUT2D eigenvalue weighted by molar-refractivity contribution is 6.72. The Kier molecular flexibility index (Phi) is 9.48. The monoisotopic (exact) mass is 758 g/mol. The van der Waals surface area contributed by atoms with Crippen molar-refractivity contribution in [3.8, 4) is 11.4 Å². The van der Waals surface area contributed by atoms with Crippen LogP contribution in [0.3, 0.4) is 0 Å². The molecule has 8 rings (SSSR count). The summed E-state index contributed by atoms with van der Waals surface area (Å²) in [6, 6.07) is 29.9. The Balaban J connectivity index is 1.08. The summed E-state index contributed by atoms with van der Waals surface area (Å²) in [5.74, 6) is -0.481. The molecule has 4 heterocycles. The van der Waals surface area contributed by atoms with Crippen LogP contribution >= 0.6 is 0 Å². The number of aliphatic hydroxyl groups is 1. The molecule has 2 aliphatic heterocycles. The van der Waals surface area contributed by atoms with Gasteiger partial charge in [0.25, 0.3) is 11.5 Å². The van der Waals surface area contributed by atoms with Crippen LogP contribution in [-0.4, -0.2) is 64.0 Å². The number of halogens is 1. The van der Waals surface area contributed by atoms with Crippen LogP contribution in [0.2, 0.25) is 18.6 Å². The van der Waals surface area contributed by atoms with Crippen LogP contribution in [0.1, 0.15) is 41.6 Å². The molecule has 1 spiro atoms. The predicted octanol–water partition coefficient (Wildman–Crippen LogP) is 6.52. The number of nitrogens with zero attached hydrogens (tertiary/aromatic N) is 6. The number of carbonyl (C=O) groups is 1. The van der Waals surface area contributed by atoms with Crippen LogP contribution in [0, 0.1) is 5.92 Å². The van der Waals surface area contributed by atoms with Crippen molar-refractivity contribution >= 4 is 30.8 Å². The molecule has 13 heteroatoms. The average molecular weight is 759 g/mol. The predicted molar refractivity (Wildman–Crippen MR) is 210 cm³/mol. The Morgan fingerprint density at radius 2 is 1.75 bits per heavy atom. The number of amides is 1. The third-order valence-corrected chi connectivity index (χ3v) is 13.8. The van der Waals surface area contributed by atoms with Crippen molar-refractivity contribution < 1.29 is 23.5 Å². The number of hydrogen-bond acceptors (Lipinski definition) is 8. The zero-order valence-corrected chi connectivity index (χ0v) is 32.2. The van der Waals surface area contributed by atoms with E-state index in [-0.39, 0.29) is 30.5 Å². The first-order valence-corrected chi connectivity index (χ1v) is 21.5. The molecule has 282 valence electrons. The minimum absolute atomic E-state index is 0.120. The Hall–Kier alpha value is -5.50. The molecule has 2 aliphatic rings. The summed E-state index contributed by atoms with van der Waals surface area (Å²) >= 11 is 0. The van der Waals surface area contributed by atoms with Crippen LogP contribution in [0.4, 0.5) is 9.80 Å². The number of carbonyl (C=O) groups excluding carboxylic acids is 1. The second kappa shape index (κ2) is 14.3. The van der Waals surface area contributed by atoms with Gasteiger partial charge in [0.1, 0.15) is 5.75 Å². The molecule has 1 amide bonds. The Labute approximate surface area is 319 Å². The number of aryl methyl sites for hydroxylation is 1. The molecule has 1 N–H and O–H groups in total. The second-order valence-corrected chi connectivity index (χ2v) is 18.8. The van der Waals surface area contributed by atoms with E-state index < -0.39 is 31.6 Å². The van der Waals surface area contributed by atoms with Crippen LogP contribution in [-0.2, 0) is 28.2 Å². The van der Waals surface area contributed by atoms with E-state index in [9.17, 15) is 14.7 Å². The van der Waals surface area contributed by atoms with E-state index in [4.69, 9.17) is 9.47 Å². The molecule has 0 aliphatic carbocycles. The highest BCUT2D eigenvalue weighted by Crippen LogP contribution is 2.60. The Morgan fingerprint density at radius 3 is 2.47 bits per heavy atom. The van der Waals surface area contributed by atoms with Crippen molar-refractivity contribution in [1.82, 2.24) is 24.8 Å². The van der Waals surface area contributed by atoms with Gasteiger partial charge in [0, 0.05) is 35.2 Å². The van der Waals surface area contributed by atoms with Crippen molar-refractivity contribution in [1.29, 1.82) is 0 Å². The van der Waals surface area contributed by atoms with Crippen molar-refractivity contribution in [2.75, 3.05) is 18.6 Å². The summed E-state index contributed by atoms with van der Waals surface area (Å²) in [6.07, 6.45) is 3.32. The Morgan fingerprint density at radius 1 is 1.00 bits per heavy atom. The highest BCUT2D eigenvalue weighted by Gasteiger charge is 2.66. The molecule has 2 aromatic heterocycles. The molecular formula is C42H43FN6O5Si. The number of hydrogen-bond donors (Lipinski definition) is 1. The maximum atomic E-state index is 16.5. The molecule has 0 radical (unpaired) electrons. The number of ether oxygens (including phenoxy) is 2. The lowest BCUT2D eigenvalue weighted by Gasteiger charge is -2.31. The smallest absolute Gasteiger partial charge is 0.279 e. The van der Waals surface area contributed by atoms with E-state index in [1.54, 1.807) is 42.0 Å². The molecule has 1 saturated heterocycles. The molecule has 1 unspecified atom stereocenters. The van der Waals surface area contributed by atoms with E-state index in [0.29, 0.717) is 46.7 Å². The van der Waals surface area contributed by atoms with Gasteiger partial charge in [0.2, 0.25) is 8.41 Å². The first kappa shape index (κ1) is 36.5. The number of anilines is 1. The molecule has 4 aromatic carbocycles. The van der Waals surface area contributed by atoms with Gasteiger partial charge >= 0.3 is 0 Å². The van der Waals surface area contributed by atoms with Gasteiger partial charge in [-0.1, -0.05) is 72.8 Å². The maximum Gasteiger partial charge on any atom is 0.279 e. The summed E-state index contributed by atoms with van der Waals surface area (Å²) < 4.78 is 32.2. The first-order chi connectivity index (χ1) is 26.5. The van der Waals surface area contributed by atoms with Crippen LogP contribution < -0.4 is 15.2 Å². The van der Waals surface area contributed by atoms with Gasteiger partial charge in [-0.2, -0.15) is 9.78 Å². The van der Waals surface area contributed by atoms with Gasteiger partial charge in [-0.15, -0.1) is 5.10 Å². The summed E-state index contributed by atoms with van der Waals surface area (Å²) in [5, 5.41) is 24.6. The minimum Gasteiger partial charge on any atom is -0.497 e. The summed E-state index contributed by atoms with van der Waals surface area (Å²) in [4.78, 5) is 29.9. The van der Waals surface area contributed by atoms with Crippen molar-refractivity contribution in [2.24, 2.45) is 5.92 Å². The van der Waals surface area contributed by atoms with Crippen LogP contribution in [0.25, 0.3) is 16.5 Å². The average Bonchev–Trinajstić information content (AvgIpc) is 3.85. The summed E-state index contributed by atoms with van der Waals surface area (Å²) in [6.45, 7) is 5.81. The molecule has 1 fully saturated rings. The maximum absolute atomic E-state index is 16.5. The van der Waals surface area contributed by atoms with E-state index in [2.05, 4.69) is 15.4 Å². The number of rotatable bonds is 11. The second-order valence-electron chi connectivity index (χ2n) is 15.0. The van der Waals surface area contributed by atoms with Crippen molar-refractivity contribution in [2.45, 2.75) is 62.7 Å². The highest BCUT2D eigenvalue weighted by atomic mass is 28.4. The molecule has 6 aromatic rings. The summed E-state index contributed by atoms with van der Waals surface area (Å²) in [5.41, 5.74) is 2.21. The third-order valence-electron chi connectivity index (χ3n) is 11.3. The SMILES string of the molecule is COc1ccc2c(c1)[C@@]1(O[C@H](CCn3cc(C(CO)c4ccccc4)nn3)[C@@H]([Si](C)(C)F)[C@@H]1C)C(=O)N2Cc1ccc(-n2ncc3ccccc3c2=O)cc1. The fourth-order valence-corrected chi connectivity index (χ4v) is 11.2. The largest absolute Gasteiger partial charge is 0.497 e. The van der Waals surface area contributed by atoms with Gasteiger partial charge < -0.3 is 23.6 Å². The lowest BCUT2D eigenvalue weighted by Crippen LogP contribution is -2.45. The van der Waals surface area contributed by atoms with Gasteiger partial charge in [-0.25, -0.2) is 0 Å². The van der Waals surface area contributed by atoms with Gasteiger partial charge in [0.15, 0.2) is 5.60 Å². The van der Waals surface area contributed by atoms with E-state index in [0.717, 1.165) is 16.5 Å². The number of methoxy groups -OCH3 is 1. The molecule has 55 heavy (non-hydrogen) atoms. The number of fused-ring (bicyclic) bond motifs is 3. The zero-order valence-electron chi connectivity index (χ0n) is 31.2. The van der Waals surface area contributed by atoms with Crippen molar-refractivity contribution in [3.05, 3.63) is 142 Å². The lowest BCUT2D eigenvalue weighted by atomic mass is 9.82. The Bertz CT molecular complexity index is 2420. The van der Waals surface area contributed by atoms with E-state index in [1.165, 1.54) is 4.68 Å². The van der Waals surface area contributed by atoms with Crippen LogP contribution in [0.5, 0.6) is 5.75 Å². The third kappa shape index (κ3) is 6.35. The van der Waals surface area contributed by atoms with Gasteiger partial charge in [-0.3, -0.25) is 14.3 Å². The molecule has 0 saturated carbocycles. The topological polar surface area (TPSA) is 125 Å². The number of aliphatic hydroxyl groups excluding tert-OH is 1. The molecule has 11 nitrogen and oxygen atoms in total. The fourth-order valence-electron chi connectivity index (χ4n) is 8.68. The minimum atomic E-state index is -3.41. The van der Waals surface area contributed by atoms with Crippen LogP contribution in [0.15, 0.2) is 114 Å². The number of aromatic nitrogens is 5. The normalized spacial score (nSPS) is 21.4. The van der Waals surface area contributed by atoms with Gasteiger partial charge in [0.05, 0.1) is 60.9 Å². The van der Waals surface area contributed by atoms with E-state index in [1.807, 2.05) is 104 Å². The van der Waals surface area contributed by atoms with Gasteiger partial charge in [-0.05, 0) is 67.0 Å².